The van der Waals surface area contributed by atoms with Crippen molar-refractivity contribution in [1.29, 1.82) is 0 Å². The number of carbonyl (C=O) groups is 1. The molecule has 0 bridgehead atoms. The van der Waals surface area contributed by atoms with Gasteiger partial charge in [0.2, 0.25) is 0 Å². The molecule has 1 aliphatic rings. The lowest BCUT2D eigenvalue weighted by Crippen LogP contribution is -2.28. The molecule has 5 heteroatoms. The molecule has 0 amide bonds. The van der Waals surface area contributed by atoms with E-state index in [0.29, 0.717) is 17.2 Å². The SMILES string of the molecule is O=C(Cc1ccc2c(c1)B(O)OC2)c1cccc(Cl)c1. The molecule has 0 atom stereocenters. The molecule has 2 aromatic carbocycles. The summed E-state index contributed by atoms with van der Waals surface area (Å²) in [6.07, 6.45) is 0.278. The van der Waals surface area contributed by atoms with Gasteiger partial charge >= 0.3 is 7.12 Å². The molecule has 0 aliphatic carbocycles. The molecule has 0 fully saturated rings. The van der Waals surface area contributed by atoms with Gasteiger partial charge in [-0.25, -0.2) is 0 Å². The number of rotatable bonds is 3. The summed E-state index contributed by atoms with van der Waals surface area (Å²) in [6.45, 7) is 0.416. The van der Waals surface area contributed by atoms with Crippen molar-refractivity contribution in [3.63, 3.8) is 0 Å². The van der Waals surface area contributed by atoms with Crippen LogP contribution in [-0.4, -0.2) is 17.9 Å². The van der Waals surface area contributed by atoms with Crippen LogP contribution in [0.4, 0.5) is 0 Å². The molecule has 0 unspecified atom stereocenters. The van der Waals surface area contributed by atoms with Crippen LogP contribution in [0.3, 0.4) is 0 Å². The van der Waals surface area contributed by atoms with E-state index >= 15 is 0 Å². The fourth-order valence-corrected chi connectivity index (χ4v) is 2.51. The van der Waals surface area contributed by atoms with E-state index in [1.54, 1.807) is 24.3 Å². The first-order chi connectivity index (χ1) is 9.63. The van der Waals surface area contributed by atoms with Gasteiger partial charge < -0.3 is 9.68 Å². The number of ketones is 1. The Morgan fingerprint density at radius 2 is 2.15 bits per heavy atom. The molecule has 3 rings (SSSR count). The third-order valence-electron chi connectivity index (χ3n) is 3.38. The molecule has 3 nitrogen and oxygen atoms in total. The van der Waals surface area contributed by atoms with Gasteiger partial charge in [-0.3, -0.25) is 4.79 Å². The van der Waals surface area contributed by atoms with E-state index in [4.69, 9.17) is 16.3 Å². The number of benzene rings is 2. The van der Waals surface area contributed by atoms with Crippen molar-refractivity contribution in [3.05, 3.63) is 64.2 Å². The van der Waals surface area contributed by atoms with Crippen LogP contribution in [0.15, 0.2) is 42.5 Å². The van der Waals surface area contributed by atoms with E-state index in [0.717, 1.165) is 16.6 Å². The quantitative estimate of drug-likeness (QED) is 0.693. The van der Waals surface area contributed by atoms with E-state index in [1.165, 1.54) is 0 Å². The lowest BCUT2D eigenvalue weighted by atomic mass is 9.78. The highest BCUT2D eigenvalue weighted by Gasteiger charge is 2.27. The van der Waals surface area contributed by atoms with Gasteiger partial charge in [0, 0.05) is 17.0 Å². The summed E-state index contributed by atoms with van der Waals surface area (Å²) in [5, 5.41) is 10.2. The van der Waals surface area contributed by atoms with Crippen molar-refractivity contribution < 1.29 is 14.5 Å². The highest BCUT2D eigenvalue weighted by molar-refractivity contribution is 6.61. The van der Waals surface area contributed by atoms with Crippen LogP contribution < -0.4 is 5.46 Å². The van der Waals surface area contributed by atoms with Crippen LogP contribution in [0.25, 0.3) is 0 Å². The minimum atomic E-state index is -0.883. The van der Waals surface area contributed by atoms with Gasteiger partial charge in [0.1, 0.15) is 0 Å². The Bertz CT molecular complexity index is 672. The summed E-state index contributed by atoms with van der Waals surface area (Å²) in [7, 11) is -0.883. The van der Waals surface area contributed by atoms with Gasteiger partial charge in [-0.15, -0.1) is 0 Å². The molecule has 0 saturated heterocycles. The summed E-state index contributed by atoms with van der Waals surface area (Å²) >= 11 is 5.89. The highest BCUT2D eigenvalue weighted by atomic mass is 35.5. The predicted molar refractivity (Wildman–Crippen MR) is 78.3 cm³/mol. The second-order valence-electron chi connectivity index (χ2n) is 4.81. The summed E-state index contributed by atoms with van der Waals surface area (Å²) in [5.74, 6) is 0.000792. The normalized spacial score (nSPS) is 13.4. The van der Waals surface area contributed by atoms with Crippen molar-refractivity contribution in [2.75, 3.05) is 0 Å². The molecular formula is C15H12BClO3. The van der Waals surface area contributed by atoms with Crippen molar-refractivity contribution in [3.8, 4) is 0 Å². The second kappa shape index (κ2) is 5.41. The molecule has 0 aromatic heterocycles. The van der Waals surface area contributed by atoms with Gasteiger partial charge in [-0.1, -0.05) is 41.9 Å². The van der Waals surface area contributed by atoms with Crippen LogP contribution in [0.2, 0.25) is 5.02 Å². The number of hydrogen-bond acceptors (Lipinski definition) is 3. The van der Waals surface area contributed by atoms with Crippen LogP contribution in [-0.2, 0) is 17.7 Å². The van der Waals surface area contributed by atoms with E-state index in [1.807, 2.05) is 18.2 Å². The van der Waals surface area contributed by atoms with Gasteiger partial charge in [0.05, 0.1) is 6.61 Å². The summed E-state index contributed by atoms with van der Waals surface area (Å²) in [4.78, 5) is 12.2. The van der Waals surface area contributed by atoms with Crippen molar-refractivity contribution in [2.45, 2.75) is 13.0 Å². The Morgan fingerprint density at radius 1 is 1.30 bits per heavy atom. The zero-order valence-corrected chi connectivity index (χ0v) is 11.4. The lowest BCUT2D eigenvalue weighted by Gasteiger charge is -2.05. The molecular weight excluding hydrogens is 274 g/mol. The molecule has 2 aromatic rings. The zero-order chi connectivity index (χ0) is 14.1. The maximum Gasteiger partial charge on any atom is 0.491 e. The molecule has 1 N–H and O–H groups in total. The third-order valence-corrected chi connectivity index (χ3v) is 3.62. The molecule has 0 saturated carbocycles. The van der Waals surface area contributed by atoms with Crippen molar-refractivity contribution in [2.24, 2.45) is 0 Å². The third kappa shape index (κ3) is 2.63. The minimum Gasteiger partial charge on any atom is -0.423 e. The van der Waals surface area contributed by atoms with E-state index in [2.05, 4.69) is 0 Å². The maximum absolute atomic E-state index is 12.2. The fourth-order valence-electron chi connectivity index (χ4n) is 2.32. The summed E-state index contributed by atoms with van der Waals surface area (Å²) in [6, 6.07) is 12.5. The average molecular weight is 287 g/mol. The Balaban J connectivity index is 1.82. The molecule has 1 aliphatic heterocycles. The summed E-state index contributed by atoms with van der Waals surface area (Å²) < 4.78 is 5.14. The number of Topliss-reactive ketones (excluding diaryl/α,β-unsaturated/α-hetero) is 1. The van der Waals surface area contributed by atoms with Crippen molar-refractivity contribution >= 4 is 30.0 Å². The first kappa shape index (κ1) is 13.4. The van der Waals surface area contributed by atoms with E-state index in [9.17, 15) is 9.82 Å². The zero-order valence-electron chi connectivity index (χ0n) is 10.7. The van der Waals surface area contributed by atoms with Gasteiger partial charge in [-0.2, -0.15) is 0 Å². The van der Waals surface area contributed by atoms with Crippen molar-refractivity contribution in [1.82, 2.24) is 0 Å². The fraction of sp³-hybridized carbons (Fsp3) is 0.133. The molecule has 20 heavy (non-hydrogen) atoms. The predicted octanol–water partition coefficient (Wildman–Crippen LogP) is 1.98. The second-order valence-corrected chi connectivity index (χ2v) is 5.24. The largest absolute Gasteiger partial charge is 0.491 e. The standard InChI is InChI=1S/C15H12BClO3/c17-13-3-1-2-11(8-13)15(18)7-10-4-5-12-9-20-16(19)14(12)6-10/h1-6,8,19H,7,9H2. The highest BCUT2D eigenvalue weighted by Crippen LogP contribution is 2.15. The average Bonchev–Trinajstić information content (AvgIpc) is 2.80. The van der Waals surface area contributed by atoms with Crippen LogP contribution in [0.5, 0.6) is 0 Å². The molecule has 100 valence electrons. The number of hydrogen-bond donors (Lipinski definition) is 1. The van der Waals surface area contributed by atoms with Gasteiger partial charge in [0.25, 0.3) is 0 Å². The maximum atomic E-state index is 12.2. The topological polar surface area (TPSA) is 46.5 Å². The van der Waals surface area contributed by atoms with Crippen LogP contribution in [0.1, 0.15) is 21.5 Å². The molecule has 0 spiro atoms. The first-order valence-electron chi connectivity index (χ1n) is 6.33. The number of halogens is 1. The number of fused-ring (bicyclic) bond motifs is 1. The van der Waals surface area contributed by atoms with Gasteiger partial charge in [-0.05, 0) is 28.7 Å². The van der Waals surface area contributed by atoms with E-state index < -0.39 is 7.12 Å². The molecule has 0 radical (unpaired) electrons. The van der Waals surface area contributed by atoms with Crippen LogP contribution >= 0.6 is 11.6 Å². The van der Waals surface area contributed by atoms with E-state index in [-0.39, 0.29) is 12.2 Å². The molecule has 1 heterocycles. The Kier molecular flexibility index (Phi) is 3.61. The smallest absolute Gasteiger partial charge is 0.423 e. The Hall–Kier alpha value is -1.62. The van der Waals surface area contributed by atoms with Gasteiger partial charge in [0.15, 0.2) is 5.78 Å². The number of carbonyl (C=O) groups excluding carboxylic acids is 1. The summed E-state index contributed by atoms with van der Waals surface area (Å²) in [5.41, 5.74) is 3.17. The first-order valence-corrected chi connectivity index (χ1v) is 6.71. The minimum absolute atomic E-state index is 0.000792. The lowest BCUT2D eigenvalue weighted by molar-refractivity contribution is 0.0993. The monoisotopic (exact) mass is 286 g/mol. The Labute approximate surface area is 122 Å². The Morgan fingerprint density at radius 3 is 2.95 bits per heavy atom. The van der Waals surface area contributed by atoms with Crippen LogP contribution in [0, 0.1) is 0 Å².